The molecule has 0 radical (unpaired) electrons. The monoisotopic (exact) mass is 175 g/mol. The lowest BCUT2D eigenvalue weighted by Gasteiger charge is -2.12. The van der Waals surface area contributed by atoms with Gasteiger partial charge < -0.3 is 0 Å². The number of nitrogens with one attached hydrogen (secondary N) is 1. The van der Waals surface area contributed by atoms with Crippen molar-refractivity contribution >= 4 is 5.71 Å². The summed E-state index contributed by atoms with van der Waals surface area (Å²) in [5.41, 5.74) is -1.14. The second-order valence-electron chi connectivity index (χ2n) is 2.51. The zero-order chi connectivity index (χ0) is 9.19. The van der Waals surface area contributed by atoms with Crippen LogP contribution in [0.4, 0.5) is 13.2 Å². The number of hydrogen-bond donors (Lipinski definition) is 1. The first kappa shape index (κ1) is 9.03. The lowest BCUT2D eigenvalue weighted by molar-refractivity contribution is -0.0590. The highest BCUT2D eigenvalue weighted by molar-refractivity contribution is 6.02. The van der Waals surface area contributed by atoms with Crippen LogP contribution in [0.15, 0.2) is 23.8 Å². The fraction of sp³-hybridized carbons (Fsp3) is 0.375. The standard InChI is InChI=1S/C8H8F3N/c9-8(10,11)7(12)6-4-2-1-3-5-6/h1-2,5,12H,3-4H2. The van der Waals surface area contributed by atoms with Crippen LogP contribution in [0.2, 0.25) is 0 Å². The molecule has 1 N–H and O–H groups in total. The summed E-state index contributed by atoms with van der Waals surface area (Å²) in [7, 11) is 0. The Morgan fingerprint density at radius 2 is 2.00 bits per heavy atom. The molecule has 12 heavy (non-hydrogen) atoms. The summed E-state index contributed by atoms with van der Waals surface area (Å²) in [6.45, 7) is 0. The van der Waals surface area contributed by atoms with Gasteiger partial charge in [-0.05, 0) is 18.4 Å². The van der Waals surface area contributed by atoms with Crippen molar-refractivity contribution in [1.82, 2.24) is 0 Å². The molecule has 0 aromatic heterocycles. The van der Waals surface area contributed by atoms with Crippen LogP contribution in [-0.2, 0) is 0 Å². The van der Waals surface area contributed by atoms with Crippen molar-refractivity contribution in [2.24, 2.45) is 0 Å². The second kappa shape index (κ2) is 3.13. The van der Waals surface area contributed by atoms with Crippen LogP contribution in [0.3, 0.4) is 0 Å². The highest BCUT2D eigenvalue weighted by Crippen LogP contribution is 2.24. The molecule has 0 atom stereocenters. The lowest BCUT2D eigenvalue weighted by atomic mass is 10.0. The Kier molecular flexibility index (Phi) is 2.35. The lowest BCUT2D eigenvalue weighted by Crippen LogP contribution is -2.24. The predicted molar refractivity (Wildman–Crippen MR) is 40.2 cm³/mol. The molecule has 0 unspecified atom stereocenters. The van der Waals surface area contributed by atoms with Crippen LogP contribution in [0.25, 0.3) is 0 Å². The van der Waals surface area contributed by atoms with Crippen LogP contribution >= 0.6 is 0 Å². The first-order valence-electron chi connectivity index (χ1n) is 3.52. The number of allylic oxidation sites excluding steroid dienone is 4. The molecule has 0 aromatic carbocycles. The third-order valence-corrected chi connectivity index (χ3v) is 1.61. The van der Waals surface area contributed by atoms with E-state index in [4.69, 9.17) is 5.41 Å². The molecule has 0 amide bonds. The fourth-order valence-electron chi connectivity index (χ4n) is 0.986. The third kappa shape index (κ3) is 1.96. The average molecular weight is 175 g/mol. The Bertz CT molecular complexity index is 248. The van der Waals surface area contributed by atoms with Crippen molar-refractivity contribution in [3.05, 3.63) is 23.8 Å². The number of alkyl halides is 3. The van der Waals surface area contributed by atoms with E-state index >= 15 is 0 Å². The third-order valence-electron chi connectivity index (χ3n) is 1.61. The molecule has 0 aromatic rings. The molecular formula is C8H8F3N. The topological polar surface area (TPSA) is 23.9 Å². The van der Waals surface area contributed by atoms with Crippen LogP contribution in [0.5, 0.6) is 0 Å². The molecule has 1 aliphatic carbocycles. The van der Waals surface area contributed by atoms with Crippen LogP contribution in [0.1, 0.15) is 12.8 Å². The summed E-state index contributed by atoms with van der Waals surface area (Å²) in [4.78, 5) is 0. The van der Waals surface area contributed by atoms with Gasteiger partial charge in [-0.25, -0.2) is 0 Å². The van der Waals surface area contributed by atoms with E-state index in [2.05, 4.69) is 0 Å². The van der Waals surface area contributed by atoms with Crippen molar-refractivity contribution in [2.75, 3.05) is 0 Å². The van der Waals surface area contributed by atoms with Gasteiger partial charge in [0, 0.05) is 0 Å². The van der Waals surface area contributed by atoms with Gasteiger partial charge in [-0.1, -0.05) is 18.2 Å². The molecule has 0 saturated carbocycles. The smallest absolute Gasteiger partial charge is 0.296 e. The van der Waals surface area contributed by atoms with Gasteiger partial charge in [-0.2, -0.15) is 13.2 Å². The highest BCUT2D eigenvalue weighted by atomic mass is 19.4. The zero-order valence-corrected chi connectivity index (χ0v) is 6.28. The molecule has 0 heterocycles. The summed E-state index contributed by atoms with van der Waals surface area (Å²) >= 11 is 0. The maximum Gasteiger partial charge on any atom is 0.432 e. The van der Waals surface area contributed by atoms with Crippen molar-refractivity contribution in [3.8, 4) is 0 Å². The van der Waals surface area contributed by atoms with E-state index in [9.17, 15) is 13.2 Å². The summed E-state index contributed by atoms with van der Waals surface area (Å²) in [6.07, 6.45) is 1.09. The quantitative estimate of drug-likeness (QED) is 0.468. The molecule has 4 heteroatoms. The van der Waals surface area contributed by atoms with E-state index in [1.807, 2.05) is 0 Å². The van der Waals surface area contributed by atoms with Crippen LogP contribution < -0.4 is 0 Å². The number of rotatable bonds is 1. The minimum absolute atomic E-state index is 0.0741. The molecule has 0 bridgehead atoms. The Morgan fingerprint density at radius 1 is 1.33 bits per heavy atom. The van der Waals surface area contributed by atoms with E-state index < -0.39 is 11.9 Å². The normalized spacial score (nSPS) is 17.4. The largest absolute Gasteiger partial charge is 0.432 e. The number of hydrogen-bond acceptors (Lipinski definition) is 1. The van der Waals surface area contributed by atoms with Gasteiger partial charge in [-0.15, -0.1) is 0 Å². The molecule has 1 aliphatic rings. The average Bonchev–Trinajstić information content (AvgIpc) is 2.03. The van der Waals surface area contributed by atoms with Gasteiger partial charge in [0.2, 0.25) is 0 Å². The van der Waals surface area contributed by atoms with Crippen molar-refractivity contribution in [2.45, 2.75) is 19.0 Å². The Morgan fingerprint density at radius 3 is 2.42 bits per heavy atom. The van der Waals surface area contributed by atoms with E-state index in [1.54, 1.807) is 12.2 Å². The Hall–Kier alpha value is -1.06. The van der Waals surface area contributed by atoms with Crippen LogP contribution in [-0.4, -0.2) is 11.9 Å². The minimum atomic E-state index is -4.50. The van der Waals surface area contributed by atoms with E-state index in [0.717, 1.165) is 0 Å². The summed E-state index contributed by atoms with van der Waals surface area (Å²) in [5.74, 6) is 0. The minimum Gasteiger partial charge on any atom is -0.296 e. The molecule has 1 rings (SSSR count). The molecule has 1 nitrogen and oxygen atoms in total. The highest BCUT2D eigenvalue weighted by Gasteiger charge is 2.36. The predicted octanol–water partition coefficient (Wildman–Crippen LogP) is 2.84. The molecule has 0 spiro atoms. The van der Waals surface area contributed by atoms with Gasteiger partial charge in [-0.3, -0.25) is 5.41 Å². The molecular weight excluding hydrogens is 167 g/mol. The first-order valence-corrected chi connectivity index (χ1v) is 3.52. The summed E-state index contributed by atoms with van der Waals surface area (Å²) < 4.78 is 35.8. The van der Waals surface area contributed by atoms with E-state index in [0.29, 0.717) is 6.42 Å². The van der Waals surface area contributed by atoms with Crippen molar-refractivity contribution in [3.63, 3.8) is 0 Å². The van der Waals surface area contributed by atoms with Gasteiger partial charge in [0.25, 0.3) is 0 Å². The SMILES string of the molecule is N=C(C1=CCC=CC1)C(F)(F)F. The molecule has 0 fully saturated rings. The van der Waals surface area contributed by atoms with Gasteiger partial charge in [0.1, 0.15) is 5.71 Å². The van der Waals surface area contributed by atoms with E-state index in [1.165, 1.54) is 6.08 Å². The molecule has 0 saturated heterocycles. The van der Waals surface area contributed by atoms with Gasteiger partial charge in [0.05, 0.1) is 0 Å². The van der Waals surface area contributed by atoms with Crippen molar-refractivity contribution < 1.29 is 13.2 Å². The summed E-state index contributed by atoms with van der Waals surface area (Å²) in [6, 6.07) is 0. The summed E-state index contributed by atoms with van der Waals surface area (Å²) in [5, 5.41) is 6.81. The second-order valence-corrected chi connectivity index (χ2v) is 2.51. The fourth-order valence-corrected chi connectivity index (χ4v) is 0.986. The van der Waals surface area contributed by atoms with Gasteiger partial charge in [0.15, 0.2) is 0 Å². The zero-order valence-electron chi connectivity index (χ0n) is 6.28. The van der Waals surface area contributed by atoms with E-state index in [-0.39, 0.29) is 12.0 Å². The Labute approximate surface area is 68.1 Å². The maximum absolute atomic E-state index is 11.9. The van der Waals surface area contributed by atoms with Crippen LogP contribution in [0, 0.1) is 5.41 Å². The number of halogens is 3. The maximum atomic E-state index is 11.9. The van der Waals surface area contributed by atoms with Crippen molar-refractivity contribution in [1.29, 1.82) is 5.41 Å². The van der Waals surface area contributed by atoms with Gasteiger partial charge >= 0.3 is 6.18 Å². The molecule has 0 aliphatic heterocycles. The Balaban J connectivity index is 2.71. The first-order chi connectivity index (χ1) is 5.52. The molecule has 66 valence electrons.